The number of benzene rings is 1. The Morgan fingerprint density at radius 1 is 1.24 bits per heavy atom. The molecule has 2 N–H and O–H groups in total. The number of imidazole rings is 1. The fourth-order valence-corrected chi connectivity index (χ4v) is 2.73. The monoisotopic (exact) mass is 308 g/mol. The number of nitrogens with one attached hydrogen (secondary N) is 2. The van der Waals surface area contributed by atoms with Gasteiger partial charge in [-0.3, -0.25) is 0 Å². The summed E-state index contributed by atoms with van der Waals surface area (Å²) in [5.74, 6) is 0.962. The molecule has 0 unspecified atom stereocenters. The number of aryl methyl sites for hydroxylation is 1. The summed E-state index contributed by atoms with van der Waals surface area (Å²) in [5.41, 5.74) is 0.858. The molecular weight excluding hydrogens is 288 g/mol. The summed E-state index contributed by atoms with van der Waals surface area (Å²) in [6.45, 7) is 3.67. The molecule has 0 saturated heterocycles. The van der Waals surface area contributed by atoms with E-state index in [9.17, 15) is 8.42 Å². The van der Waals surface area contributed by atoms with Gasteiger partial charge in [-0.2, -0.15) is 0 Å². The van der Waals surface area contributed by atoms with E-state index >= 15 is 0 Å². The lowest BCUT2D eigenvalue weighted by molar-refractivity contribution is 0.588. The quantitative estimate of drug-likeness (QED) is 0.818. The molecule has 0 aliphatic carbocycles. The molecule has 0 fully saturated rings. The highest BCUT2D eigenvalue weighted by molar-refractivity contribution is 7.89. The number of hydrogen-bond acceptors (Lipinski definition) is 4. The van der Waals surface area contributed by atoms with E-state index in [-0.39, 0.29) is 4.90 Å². The standard InChI is InChI=1S/C14H20N4O2S/c1-3-9-18-10-8-16-14(18)11-17-12-4-6-13(7-5-12)21(19,20)15-2/h4-8,10,15,17H,3,9,11H2,1-2H3. The molecule has 0 saturated carbocycles. The molecule has 7 heteroatoms. The second-order valence-electron chi connectivity index (χ2n) is 4.62. The fourth-order valence-electron chi connectivity index (χ4n) is 2.00. The van der Waals surface area contributed by atoms with Gasteiger partial charge in [-0.05, 0) is 37.7 Å². The van der Waals surface area contributed by atoms with Gasteiger partial charge in [-0.25, -0.2) is 18.1 Å². The maximum Gasteiger partial charge on any atom is 0.240 e. The van der Waals surface area contributed by atoms with Crippen molar-refractivity contribution in [3.05, 3.63) is 42.5 Å². The van der Waals surface area contributed by atoms with Crippen LogP contribution in [0.2, 0.25) is 0 Å². The molecule has 2 rings (SSSR count). The third-order valence-electron chi connectivity index (χ3n) is 3.15. The predicted octanol–water partition coefficient (Wildman–Crippen LogP) is 1.81. The largest absolute Gasteiger partial charge is 0.378 e. The molecule has 0 atom stereocenters. The minimum Gasteiger partial charge on any atom is -0.378 e. The summed E-state index contributed by atoms with van der Waals surface area (Å²) >= 11 is 0. The summed E-state index contributed by atoms with van der Waals surface area (Å²) in [6, 6.07) is 6.65. The van der Waals surface area contributed by atoms with Crippen molar-refractivity contribution in [3.8, 4) is 0 Å². The molecule has 0 aliphatic heterocycles. The van der Waals surface area contributed by atoms with Crippen LogP contribution in [0, 0.1) is 0 Å². The van der Waals surface area contributed by atoms with Crippen molar-refractivity contribution >= 4 is 15.7 Å². The summed E-state index contributed by atoms with van der Waals surface area (Å²) in [4.78, 5) is 4.57. The molecular formula is C14H20N4O2S. The van der Waals surface area contributed by atoms with Gasteiger partial charge in [0.2, 0.25) is 10.0 Å². The Balaban J connectivity index is 2.02. The van der Waals surface area contributed by atoms with Crippen molar-refractivity contribution in [2.75, 3.05) is 12.4 Å². The topological polar surface area (TPSA) is 76.0 Å². The van der Waals surface area contributed by atoms with Gasteiger partial charge >= 0.3 is 0 Å². The Kier molecular flexibility index (Phi) is 4.98. The highest BCUT2D eigenvalue weighted by Crippen LogP contribution is 2.14. The van der Waals surface area contributed by atoms with Crippen molar-refractivity contribution in [1.29, 1.82) is 0 Å². The van der Waals surface area contributed by atoms with Crippen LogP contribution in [0.5, 0.6) is 0 Å². The van der Waals surface area contributed by atoms with Crippen molar-refractivity contribution in [3.63, 3.8) is 0 Å². The summed E-state index contributed by atoms with van der Waals surface area (Å²) in [5, 5.41) is 3.24. The second-order valence-corrected chi connectivity index (χ2v) is 6.51. The highest BCUT2D eigenvalue weighted by atomic mass is 32.2. The van der Waals surface area contributed by atoms with Gasteiger partial charge in [-0.15, -0.1) is 0 Å². The molecule has 0 radical (unpaired) electrons. The van der Waals surface area contributed by atoms with E-state index in [0.29, 0.717) is 6.54 Å². The highest BCUT2D eigenvalue weighted by Gasteiger charge is 2.10. The summed E-state index contributed by atoms with van der Waals surface area (Å²) in [6.07, 6.45) is 4.80. The van der Waals surface area contributed by atoms with Crippen LogP contribution in [-0.2, 0) is 23.1 Å². The molecule has 1 heterocycles. The molecule has 0 amide bonds. The second kappa shape index (κ2) is 6.73. The molecule has 1 aromatic carbocycles. The lowest BCUT2D eigenvalue weighted by atomic mass is 10.3. The van der Waals surface area contributed by atoms with Crippen LogP contribution in [-0.4, -0.2) is 25.0 Å². The van der Waals surface area contributed by atoms with Crippen LogP contribution in [0.1, 0.15) is 19.2 Å². The molecule has 0 aliphatic rings. The van der Waals surface area contributed by atoms with Crippen LogP contribution in [0.25, 0.3) is 0 Å². The van der Waals surface area contributed by atoms with Crippen molar-refractivity contribution in [2.24, 2.45) is 0 Å². The van der Waals surface area contributed by atoms with E-state index < -0.39 is 10.0 Å². The molecule has 114 valence electrons. The molecule has 1 aromatic heterocycles. The first kappa shape index (κ1) is 15.5. The van der Waals surface area contributed by atoms with Gasteiger partial charge in [0.05, 0.1) is 11.4 Å². The normalized spacial score (nSPS) is 11.5. The van der Waals surface area contributed by atoms with E-state index in [0.717, 1.165) is 24.5 Å². The first-order valence-corrected chi connectivity index (χ1v) is 8.32. The SMILES string of the molecule is CCCn1ccnc1CNc1ccc(S(=O)(=O)NC)cc1. The maximum absolute atomic E-state index is 11.6. The fraction of sp³-hybridized carbons (Fsp3) is 0.357. The van der Waals surface area contributed by atoms with Crippen molar-refractivity contribution in [1.82, 2.24) is 14.3 Å². The van der Waals surface area contributed by atoms with Gasteiger partial charge in [0.15, 0.2) is 0 Å². The van der Waals surface area contributed by atoms with Gasteiger partial charge in [0, 0.05) is 24.6 Å². The van der Waals surface area contributed by atoms with Gasteiger partial charge in [-0.1, -0.05) is 6.92 Å². The zero-order valence-corrected chi connectivity index (χ0v) is 13.0. The van der Waals surface area contributed by atoms with Crippen molar-refractivity contribution < 1.29 is 8.42 Å². The van der Waals surface area contributed by atoms with Crippen LogP contribution in [0.15, 0.2) is 41.6 Å². The Labute approximate surface area is 125 Å². The lowest BCUT2D eigenvalue weighted by Crippen LogP contribution is -2.18. The summed E-state index contributed by atoms with van der Waals surface area (Å²) in [7, 11) is -1.98. The Morgan fingerprint density at radius 3 is 2.57 bits per heavy atom. The number of anilines is 1. The van der Waals surface area contributed by atoms with E-state index in [1.165, 1.54) is 7.05 Å². The van der Waals surface area contributed by atoms with Crippen LogP contribution < -0.4 is 10.0 Å². The number of nitrogens with zero attached hydrogens (tertiary/aromatic N) is 2. The van der Waals surface area contributed by atoms with E-state index in [1.54, 1.807) is 30.5 Å². The molecule has 2 aromatic rings. The van der Waals surface area contributed by atoms with Gasteiger partial charge in [0.25, 0.3) is 0 Å². The minimum atomic E-state index is -3.38. The number of hydrogen-bond donors (Lipinski definition) is 2. The molecule has 6 nitrogen and oxygen atoms in total. The zero-order chi connectivity index (χ0) is 15.3. The lowest BCUT2D eigenvalue weighted by Gasteiger charge is -2.09. The third kappa shape index (κ3) is 3.83. The van der Waals surface area contributed by atoms with Crippen molar-refractivity contribution in [2.45, 2.75) is 31.3 Å². The average Bonchev–Trinajstić information content (AvgIpc) is 2.93. The number of rotatable bonds is 7. The summed E-state index contributed by atoms with van der Waals surface area (Å²) < 4.78 is 27.7. The zero-order valence-electron chi connectivity index (χ0n) is 12.2. The Morgan fingerprint density at radius 2 is 1.95 bits per heavy atom. The Bertz CT molecular complexity index is 677. The first-order chi connectivity index (χ1) is 10.1. The van der Waals surface area contributed by atoms with Crippen LogP contribution >= 0.6 is 0 Å². The number of aromatic nitrogens is 2. The minimum absolute atomic E-state index is 0.253. The molecule has 21 heavy (non-hydrogen) atoms. The Hall–Kier alpha value is -1.86. The molecule has 0 bridgehead atoms. The number of sulfonamides is 1. The van der Waals surface area contributed by atoms with Crippen LogP contribution in [0.3, 0.4) is 0 Å². The molecule has 0 spiro atoms. The van der Waals surface area contributed by atoms with E-state index in [1.807, 2.05) is 6.20 Å². The van der Waals surface area contributed by atoms with E-state index in [4.69, 9.17) is 0 Å². The van der Waals surface area contributed by atoms with Gasteiger partial charge < -0.3 is 9.88 Å². The van der Waals surface area contributed by atoms with Crippen LogP contribution in [0.4, 0.5) is 5.69 Å². The predicted molar refractivity (Wildman–Crippen MR) is 82.5 cm³/mol. The smallest absolute Gasteiger partial charge is 0.240 e. The average molecular weight is 308 g/mol. The third-order valence-corrected chi connectivity index (χ3v) is 4.58. The van der Waals surface area contributed by atoms with Gasteiger partial charge in [0.1, 0.15) is 5.82 Å². The first-order valence-electron chi connectivity index (χ1n) is 6.84. The van der Waals surface area contributed by atoms with E-state index in [2.05, 4.69) is 26.5 Å². The maximum atomic E-state index is 11.6.